The number of non-ortho nitro benzene ring substituents is 1. The molecule has 0 aliphatic carbocycles. The number of amides is 1. The predicted molar refractivity (Wildman–Crippen MR) is 106 cm³/mol. The Morgan fingerprint density at radius 2 is 1.97 bits per heavy atom. The zero-order chi connectivity index (χ0) is 20.8. The van der Waals surface area contributed by atoms with Gasteiger partial charge >= 0.3 is 0 Å². The summed E-state index contributed by atoms with van der Waals surface area (Å²) in [5.41, 5.74) is 3.29. The molecule has 0 bridgehead atoms. The van der Waals surface area contributed by atoms with E-state index >= 15 is 0 Å². The van der Waals surface area contributed by atoms with Crippen molar-refractivity contribution in [1.82, 2.24) is 5.43 Å². The number of nitrogens with zero attached hydrogens (tertiary/aromatic N) is 2. The lowest BCUT2D eigenvalue weighted by Gasteiger charge is -2.04. The van der Waals surface area contributed by atoms with Crippen molar-refractivity contribution in [2.45, 2.75) is 0 Å². The molecule has 3 rings (SSSR count). The summed E-state index contributed by atoms with van der Waals surface area (Å²) in [6, 6.07) is 12.9. The van der Waals surface area contributed by atoms with Crippen molar-refractivity contribution >= 4 is 35.1 Å². The highest BCUT2D eigenvalue weighted by atomic mass is 35.5. The van der Waals surface area contributed by atoms with Crippen molar-refractivity contribution < 1.29 is 18.5 Å². The largest absolute Gasteiger partial charge is 0.455 e. The highest BCUT2D eigenvalue weighted by Gasteiger charge is 2.13. The molecule has 0 aliphatic heterocycles. The van der Waals surface area contributed by atoms with Gasteiger partial charge in [0.05, 0.1) is 22.7 Å². The van der Waals surface area contributed by atoms with Gasteiger partial charge in [0.2, 0.25) is 0 Å². The van der Waals surface area contributed by atoms with Crippen LogP contribution in [0.2, 0.25) is 5.02 Å². The number of anilines is 1. The molecule has 2 aromatic carbocycles. The number of benzene rings is 2. The molecule has 0 spiro atoms. The Bertz CT molecular complexity index is 1070. The Hall–Kier alpha value is -3.72. The van der Waals surface area contributed by atoms with E-state index in [-0.39, 0.29) is 23.1 Å². The maximum atomic E-state index is 12.8. The summed E-state index contributed by atoms with van der Waals surface area (Å²) < 4.78 is 18.4. The van der Waals surface area contributed by atoms with Crippen LogP contribution in [-0.4, -0.2) is 23.6 Å². The van der Waals surface area contributed by atoms with Crippen LogP contribution in [0.15, 0.2) is 64.1 Å². The van der Waals surface area contributed by atoms with Crippen LogP contribution in [-0.2, 0) is 4.79 Å². The first kappa shape index (κ1) is 20.0. The summed E-state index contributed by atoms with van der Waals surface area (Å²) in [6.45, 7) is -0.0508. The van der Waals surface area contributed by atoms with Crippen LogP contribution < -0.4 is 10.7 Å². The van der Waals surface area contributed by atoms with Gasteiger partial charge in [-0.05, 0) is 42.5 Å². The Morgan fingerprint density at radius 1 is 1.21 bits per heavy atom. The van der Waals surface area contributed by atoms with Gasteiger partial charge in [0, 0.05) is 23.4 Å². The Kier molecular flexibility index (Phi) is 6.20. The van der Waals surface area contributed by atoms with Crippen molar-refractivity contribution in [2.75, 3.05) is 11.9 Å². The number of nitro benzene ring substituents is 1. The van der Waals surface area contributed by atoms with E-state index in [9.17, 15) is 19.3 Å². The molecule has 0 saturated carbocycles. The van der Waals surface area contributed by atoms with E-state index in [1.165, 1.54) is 48.7 Å². The molecule has 1 amide bonds. The molecule has 1 heterocycles. The molecule has 0 aliphatic rings. The Morgan fingerprint density at radius 3 is 2.66 bits per heavy atom. The highest BCUT2D eigenvalue weighted by molar-refractivity contribution is 6.33. The Balaban J connectivity index is 1.55. The number of rotatable bonds is 7. The number of hydrogen-bond acceptors (Lipinski definition) is 6. The molecular formula is C19H14ClFN4O4. The van der Waals surface area contributed by atoms with Crippen LogP contribution in [0.3, 0.4) is 0 Å². The first-order chi connectivity index (χ1) is 13.9. The average molecular weight is 417 g/mol. The molecule has 29 heavy (non-hydrogen) atoms. The van der Waals surface area contributed by atoms with Gasteiger partial charge in [-0.1, -0.05) is 11.6 Å². The first-order valence-corrected chi connectivity index (χ1v) is 8.65. The number of carbonyl (C=O) groups is 1. The van der Waals surface area contributed by atoms with Gasteiger partial charge in [-0.3, -0.25) is 14.9 Å². The topological polar surface area (TPSA) is 110 Å². The van der Waals surface area contributed by atoms with Gasteiger partial charge in [0.25, 0.3) is 11.6 Å². The van der Waals surface area contributed by atoms with Gasteiger partial charge in [-0.2, -0.15) is 5.10 Å². The van der Waals surface area contributed by atoms with Gasteiger partial charge in [0.1, 0.15) is 17.3 Å². The van der Waals surface area contributed by atoms with Crippen LogP contribution in [0.4, 0.5) is 15.8 Å². The second-order valence-electron chi connectivity index (χ2n) is 5.78. The van der Waals surface area contributed by atoms with Gasteiger partial charge in [-0.15, -0.1) is 0 Å². The van der Waals surface area contributed by atoms with Gasteiger partial charge in [0.15, 0.2) is 0 Å². The molecular weight excluding hydrogens is 403 g/mol. The molecule has 0 radical (unpaired) electrons. The lowest BCUT2D eigenvalue weighted by atomic mass is 10.1. The van der Waals surface area contributed by atoms with Gasteiger partial charge < -0.3 is 9.73 Å². The summed E-state index contributed by atoms with van der Waals surface area (Å²) in [5, 5.41) is 17.6. The molecule has 2 N–H and O–H groups in total. The number of halogens is 2. The number of carbonyl (C=O) groups excluding carboxylic acids is 1. The lowest BCUT2D eigenvalue weighted by molar-refractivity contribution is -0.384. The lowest BCUT2D eigenvalue weighted by Crippen LogP contribution is -2.25. The molecule has 0 saturated heterocycles. The summed E-state index contributed by atoms with van der Waals surface area (Å²) in [4.78, 5) is 22.0. The summed E-state index contributed by atoms with van der Waals surface area (Å²) in [5.74, 6) is -0.0231. The van der Waals surface area contributed by atoms with Crippen LogP contribution in [0.25, 0.3) is 11.3 Å². The number of hydrogen-bond donors (Lipinski definition) is 2. The number of furan rings is 1. The molecule has 1 aromatic heterocycles. The maximum absolute atomic E-state index is 12.8. The molecule has 8 nitrogen and oxygen atoms in total. The molecule has 3 aromatic rings. The predicted octanol–water partition coefficient (Wildman–Crippen LogP) is 4.21. The monoisotopic (exact) mass is 416 g/mol. The van der Waals surface area contributed by atoms with Crippen molar-refractivity contribution in [3.8, 4) is 11.3 Å². The second-order valence-corrected chi connectivity index (χ2v) is 6.18. The molecule has 0 atom stereocenters. The van der Waals surface area contributed by atoms with E-state index in [0.717, 1.165) is 0 Å². The molecule has 0 unspecified atom stereocenters. The standard InChI is InChI=1S/C19H14ClFN4O4/c20-17-9-14(25(27)28)5-7-16(17)18-8-6-15(29-18)10-23-24-19(26)11-22-13-3-1-12(21)2-4-13/h1-10,22H,11H2,(H,24,26)/b23-10-. The van der Waals surface area contributed by atoms with Crippen molar-refractivity contribution in [1.29, 1.82) is 0 Å². The molecule has 0 fully saturated rings. The zero-order valence-electron chi connectivity index (χ0n) is 14.8. The fraction of sp³-hybridized carbons (Fsp3) is 0.0526. The highest BCUT2D eigenvalue weighted by Crippen LogP contribution is 2.31. The van der Waals surface area contributed by atoms with Crippen molar-refractivity contribution in [2.24, 2.45) is 5.10 Å². The van der Waals surface area contributed by atoms with Crippen molar-refractivity contribution in [3.63, 3.8) is 0 Å². The van der Waals surface area contributed by atoms with Crippen LogP contribution in [0, 0.1) is 15.9 Å². The minimum atomic E-state index is -0.538. The van der Waals surface area contributed by atoms with Crippen LogP contribution >= 0.6 is 11.6 Å². The number of nitrogens with one attached hydrogen (secondary N) is 2. The quantitative estimate of drug-likeness (QED) is 0.340. The third-order valence-electron chi connectivity index (χ3n) is 3.73. The molecule has 148 valence electrons. The minimum absolute atomic E-state index is 0.0508. The molecule has 10 heteroatoms. The Labute approximate surface area is 169 Å². The third kappa shape index (κ3) is 5.39. The SMILES string of the molecule is O=C(CNc1ccc(F)cc1)N/N=C\c1ccc(-c2ccc([N+](=O)[O-])cc2Cl)o1. The minimum Gasteiger partial charge on any atom is -0.455 e. The van der Waals surface area contributed by atoms with E-state index in [2.05, 4.69) is 15.8 Å². The van der Waals surface area contributed by atoms with E-state index in [0.29, 0.717) is 22.8 Å². The van der Waals surface area contributed by atoms with Gasteiger partial charge in [-0.25, -0.2) is 9.82 Å². The van der Waals surface area contributed by atoms with Crippen LogP contribution in [0.5, 0.6) is 0 Å². The smallest absolute Gasteiger partial charge is 0.270 e. The van der Waals surface area contributed by atoms with E-state index < -0.39 is 10.8 Å². The van der Waals surface area contributed by atoms with E-state index in [1.807, 2.05) is 0 Å². The average Bonchev–Trinajstić information content (AvgIpc) is 3.16. The normalized spacial score (nSPS) is 10.8. The first-order valence-electron chi connectivity index (χ1n) is 8.28. The fourth-order valence-electron chi connectivity index (χ4n) is 2.34. The summed E-state index contributed by atoms with van der Waals surface area (Å²) >= 11 is 6.07. The summed E-state index contributed by atoms with van der Waals surface area (Å²) in [6.07, 6.45) is 1.30. The zero-order valence-corrected chi connectivity index (χ0v) is 15.5. The third-order valence-corrected chi connectivity index (χ3v) is 4.05. The van der Waals surface area contributed by atoms with Crippen LogP contribution in [0.1, 0.15) is 5.76 Å². The number of hydrazone groups is 1. The second kappa shape index (κ2) is 8.98. The fourth-order valence-corrected chi connectivity index (χ4v) is 2.61. The van der Waals surface area contributed by atoms with Crippen molar-refractivity contribution in [3.05, 3.63) is 81.3 Å². The number of nitro groups is 1. The summed E-state index contributed by atoms with van der Waals surface area (Å²) in [7, 11) is 0. The van der Waals surface area contributed by atoms with E-state index in [1.54, 1.807) is 12.1 Å². The van der Waals surface area contributed by atoms with E-state index in [4.69, 9.17) is 16.0 Å². The maximum Gasteiger partial charge on any atom is 0.270 e.